The van der Waals surface area contributed by atoms with Crippen molar-refractivity contribution in [1.82, 2.24) is 14.5 Å². The first-order chi connectivity index (χ1) is 11.6. The van der Waals surface area contributed by atoms with E-state index in [1.165, 1.54) is 21.7 Å². The minimum absolute atomic E-state index is 0.0560. The van der Waals surface area contributed by atoms with Gasteiger partial charge in [-0.1, -0.05) is 6.07 Å². The largest absolute Gasteiger partial charge is 0.342 e. The number of carbonyl (C=O) groups excluding carboxylic acids is 1. The van der Waals surface area contributed by atoms with Gasteiger partial charge in [0.15, 0.2) is 0 Å². The van der Waals surface area contributed by atoms with Crippen LogP contribution in [0.15, 0.2) is 39.4 Å². The topological polar surface area (TPSA) is 75.2 Å². The molecule has 0 spiro atoms. The van der Waals surface area contributed by atoms with Gasteiger partial charge < -0.3 is 9.47 Å². The molecule has 1 aliphatic rings. The molecule has 3 rings (SSSR count). The maximum atomic E-state index is 12.4. The predicted octanol–water partition coefficient (Wildman–Crippen LogP) is 1.69. The summed E-state index contributed by atoms with van der Waals surface area (Å²) in [5.41, 5.74) is -0.897. The fraction of sp³-hybridized carbons (Fsp3) is 0.438. The third-order valence-corrected chi connectivity index (χ3v) is 6.46. The Morgan fingerprint density at radius 2 is 2.17 bits per heavy atom. The number of aromatic amines is 1. The smallest absolute Gasteiger partial charge is 0.328 e. The molecule has 1 N–H and O–H groups in total. The Morgan fingerprint density at radius 1 is 1.29 bits per heavy atom. The number of aromatic nitrogens is 2. The maximum Gasteiger partial charge on any atom is 0.328 e. The first-order valence-corrected chi connectivity index (χ1v) is 9.79. The van der Waals surface area contributed by atoms with E-state index in [0.717, 1.165) is 25.3 Å². The highest BCUT2D eigenvalue weighted by atomic mass is 32.2. The highest BCUT2D eigenvalue weighted by molar-refractivity contribution is 7.99. The summed E-state index contributed by atoms with van der Waals surface area (Å²) in [6.45, 7) is 1.77. The van der Waals surface area contributed by atoms with Crippen LogP contribution in [0.2, 0.25) is 0 Å². The standard InChI is InChI=1S/C16H19N3O3S2/c20-14-4-7-19(16(22)17-14)8-5-15(21)18-6-3-13(24-11-9-18)12-2-1-10-23-12/h1-2,4,7,10,13H,3,5-6,8-9,11H2,(H,17,20,22)/t13-/m1/s1. The fourth-order valence-corrected chi connectivity index (χ4v) is 4.95. The van der Waals surface area contributed by atoms with Gasteiger partial charge in [-0.15, -0.1) is 11.3 Å². The number of amides is 1. The molecule has 0 unspecified atom stereocenters. The molecule has 2 aromatic rings. The molecule has 0 saturated carbocycles. The highest BCUT2D eigenvalue weighted by Gasteiger charge is 2.22. The van der Waals surface area contributed by atoms with Crippen molar-refractivity contribution in [3.05, 3.63) is 55.5 Å². The SMILES string of the molecule is O=C(CCn1ccc(=O)[nH]c1=O)N1CCS[C@@H](c2cccs2)CC1. The Balaban J connectivity index is 1.55. The van der Waals surface area contributed by atoms with Crippen LogP contribution in [0.1, 0.15) is 23.0 Å². The van der Waals surface area contributed by atoms with E-state index >= 15 is 0 Å². The van der Waals surface area contributed by atoms with Gasteiger partial charge in [-0.05, 0) is 17.9 Å². The second kappa shape index (κ2) is 7.85. The molecule has 24 heavy (non-hydrogen) atoms. The monoisotopic (exact) mass is 365 g/mol. The lowest BCUT2D eigenvalue weighted by atomic mass is 10.2. The zero-order chi connectivity index (χ0) is 16.9. The van der Waals surface area contributed by atoms with Gasteiger partial charge in [0.05, 0.1) is 0 Å². The van der Waals surface area contributed by atoms with Crippen molar-refractivity contribution < 1.29 is 4.79 Å². The van der Waals surface area contributed by atoms with Crippen LogP contribution in [-0.4, -0.2) is 39.2 Å². The summed E-state index contributed by atoms with van der Waals surface area (Å²) in [5.74, 6) is 0.980. The van der Waals surface area contributed by atoms with Crippen LogP contribution in [0.25, 0.3) is 0 Å². The van der Waals surface area contributed by atoms with Gasteiger partial charge in [0.1, 0.15) is 0 Å². The molecule has 3 heterocycles. The van der Waals surface area contributed by atoms with Gasteiger partial charge in [0.2, 0.25) is 5.91 Å². The van der Waals surface area contributed by atoms with E-state index in [1.807, 2.05) is 16.7 Å². The van der Waals surface area contributed by atoms with Crippen molar-refractivity contribution in [1.29, 1.82) is 0 Å². The summed E-state index contributed by atoms with van der Waals surface area (Å²) < 4.78 is 1.36. The Hall–Kier alpha value is -1.80. The Morgan fingerprint density at radius 3 is 2.92 bits per heavy atom. The molecule has 0 radical (unpaired) electrons. The molecule has 6 nitrogen and oxygen atoms in total. The molecule has 1 fully saturated rings. The van der Waals surface area contributed by atoms with Crippen molar-refractivity contribution >= 4 is 29.0 Å². The molecule has 1 atom stereocenters. The average Bonchev–Trinajstić information content (AvgIpc) is 2.98. The van der Waals surface area contributed by atoms with Crippen molar-refractivity contribution in [3.8, 4) is 0 Å². The predicted molar refractivity (Wildman–Crippen MR) is 96.7 cm³/mol. The van der Waals surface area contributed by atoms with Gasteiger partial charge in [0.25, 0.3) is 5.56 Å². The zero-order valence-electron chi connectivity index (χ0n) is 13.1. The summed E-state index contributed by atoms with van der Waals surface area (Å²) in [6.07, 6.45) is 2.65. The fourth-order valence-electron chi connectivity index (χ4n) is 2.72. The number of nitrogens with zero attached hydrogens (tertiary/aromatic N) is 2. The zero-order valence-corrected chi connectivity index (χ0v) is 14.8. The lowest BCUT2D eigenvalue weighted by molar-refractivity contribution is -0.131. The third kappa shape index (κ3) is 4.18. The van der Waals surface area contributed by atoms with Crippen LogP contribution in [0.5, 0.6) is 0 Å². The molecule has 1 saturated heterocycles. The number of hydrogen-bond acceptors (Lipinski definition) is 5. The maximum absolute atomic E-state index is 12.4. The number of thiophene rings is 1. The van der Waals surface area contributed by atoms with Crippen molar-refractivity contribution in [2.24, 2.45) is 0 Å². The summed E-state index contributed by atoms with van der Waals surface area (Å²) in [6, 6.07) is 5.51. The van der Waals surface area contributed by atoms with Gasteiger partial charge in [-0.3, -0.25) is 14.6 Å². The molecule has 0 aromatic carbocycles. The minimum Gasteiger partial charge on any atom is -0.342 e. The number of hydrogen-bond donors (Lipinski definition) is 1. The first-order valence-electron chi connectivity index (χ1n) is 7.86. The highest BCUT2D eigenvalue weighted by Crippen LogP contribution is 2.36. The van der Waals surface area contributed by atoms with Crippen LogP contribution in [0.3, 0.4) is 0 Å². The van der Waals surface area contributed by atoms with Crippen molar-refractivity contribution in [2.45, 2.75) is 24.6 Å². The van der Waals surface area contributed by atoms with E-state index in [-0.39, 0.29) is 18.9 Å². The molecule has 1 amide bonds. The normalized spacial score (nSPS) is 18.3. The van der Waals surface area contributed by atoms with Gasteiger partial charge >= 0.3 is 5.69 Å². The summed E-state index contributed by atoms with van der Waals surface area (Å²) >= 11 is 3.67. The van der Waals surface area contributed by atoms with E-state index < -0.39 is 11.2 Å². The third-order valence-electron chi connectivity index (χ3n) is 4.02. The summed E-state index contributed by atoms with van der Waals surface area (Å²) in [4.78, 5) is 40.6. The lowest BCUT2D eigenvalue weighted by Gasteiger charge is -2.20. The van der Waals surface area contributed by atoms with Crippen LogP contribution in [0, 0.1) is 0 Å². The van der Waals surface area contributed by atoms with Crippen LogP contribution < -0.4 is 11.2 Å². The summed E-state index contributed by atoms with van der Waals surface area (Å²) in [5, 5.41) is 2.55. The number of nitrogens with one attached hydrogen (secondary N) is 1. The van der Waals surface area contributed by atoms with E-state index in [0.29, 0.717) is 5.25 Å². The van der Waals surface area contributed by atoms with Crippen LogP contribution in [0.4, 0.5) is 0 Å². The van der Waals surface area contributed by atoms with Crippen LogP contribution >= 0.6 is 23.1 Å². The second-order valence-electron chi connectivity index (χ2n) is 5.60. The van der Waals surface area contributed by atoms with Gasteiger partial charge in [-0.25, -0.2) is 4.79 Å². The molecule has 0 aliphatic carbocycles. The van der Waals surface area contributed by atoms with E-state index in [1.54, 1.807) is 11.3 Å². The number of rotatable bonds is 4. The first kappa shape index (κ1) is 17.0. The Kier molecular flexibility index (Phi) is 5.57. The Labute approximate surface area is 147 Å². The second-order valence-corrected chi connectivity index (χ2v) is 7.89. The molecule has 8 heteroatoms. The molecule has 128 valence electrons. The Bertz CT molecular complexity index is 797. The number of thioether (sulfide) groups is 1. The van der Waals surface area contributed by atoms with Gasteiger partial charge in [-0.2, -0.15) is 11.8 Å². The molecule has 0 bridgehead atoms. The molecular formula is C16H19N3O3S2. The lowest BCUT2D eigenvalue weighted by Crippen LogP contribution is -2.35. The van der Waals surface area contributed by atoms with Crippen molar-refractivity contribution in [2.75, 3.05) is 18.8 Å². The minimum atomic E-state index is -0.473. The van der Waals surface area contributed by atoms with Crippen molar-refractivity contribution in [3.63, 3.8) is 0 Å². The number of H-pyrrole nitrogens is 1. The quantitative estimate of drug-likeness (QED) is 0.895. The molecule has 2 aromatic heterocycles. The van der Waals surface area contributed by atoms with Crippen LogP contribution in [-0.2, 0) is 11.3 Å². The average molecular weight is 365 g/mol. The molecule has 1 aliphatic heterocycles. The van der Waals surface area contributed by atoms with E-state index in [9.17, 15) is 14.4 Å². The van der Waals surface area contributed by atoms with Gasteiger partial charge in [0, 0.05) is 54.2 Å². The number of carbonyl (C=O) groups is 1. The van der Waals surface area contributed by atoms with E-state index in [2.05, 4.69) is 22.5 Å². The molecular weight excluding hydrogens is 346 g/mol. The van der Waals surface area contributed by atoms with E-state index in [4.69, 9.17) is 0 Å². The number of aryl methyl sites for hydroxylation is 1. The summed E-state index contributed by atoms with van der Waals surface area (Å²) in [7, 11) is 0.